The zero-order valence-electron chi connectivity index (χ0n) is 19.2. The second kappa shape index (κ2) is 9.13. The summed E-state index contributed by atoms with van der Waals surface area (Å²) in [5.41, 5.74) is 4.44. The quantitative estimate of drug-likeness (QED) is 0.458. The number of fused-ring (bicyclic) bond motifs is 1. The number of aromatic amines is 1. The van der Waals surface area contributed by atoms with Gasteiger partial charge in [-0.25, -0.2) is 4.39 Å². The molecule has 1 aliphatic rings. The van der Waals surface area contributed by atoms with Gasteiger partial charge in [0.2, 0.25) is 5.91 Å². The second-order valence-corrected chi connectivity index (χ2v) is 8.48. The van der Waals surface area contributed by atoms with E-state index in [9.17, 15) is 4.79 Å². The fraction of sp³-hybridized carbons (Fsp3) is 0.269. The van der Waals surface area contributed by atoms with Crippen molar-refractivity contribution in [1.82, 2.24) is 24.9 Å². The highest BCUT2D eigenvalue weighted by Crippen LogP contribution is 2.39. The number of carbonyl (C=O) groups excluding carboxylic acids is 1. The van der Waals surface area contributed by atoms with E-state index in [1.807, 2.05) is 49.4 Å². The largest absolute Gasteiger partial charge is 0.496 e. The van der Waals surface area contributed by atoms with Crippen molar-refractivity contribution in [2.75, 3.05) is 20.2 Å². The Morgan fingerprint density at radius 3 is 2.85 bits per heavy atom. The Morgan fingerprint density at radius 2 is 2.06 bits per heavy atom. The minimum atomic E-state index is -0.301. The summed E-state index contributed by atoms with van der Waals surface area (Å²) >= 11 is 0. The lowest BCUT2D eigenvalue weighted by atomic mass is 9.93. The molecule has 2 aromatic carbocycles. The Hall–Kier alpha value is -3.94. The van der Waals surface area contributed by atoms with Gasteiger partial charge in [0.1, 0.15) is 5.75 Å². The van der Waals surface area contributed by atoms with Crippen LogP contribution in [0.3, 0.4) is 0 Å². The smallest absolute Gasteiger partial charge is 0.224 e. The molecule has 3 heterocycles. The van der Waals surface area contributed by atoms with Gasteiger partial charge in [-0.05, 0) is 42.7 Å². The van der Waals surface area contributed by atoms with Crippen LogP contribution in [-0.4, -0.2) is 51.0 Å². The molecule has 0 fully saturated rings. The predicted molar refractivity (Wildman–Crippen MR) is 129 cm³/mol. The van der Waals surface area contributed by atoms with Crippen LogP contribution in [0.4, 0.5) is 4.39 Å². The number of rotatable bonds is 6. The molecule has 0 saturated carbocycles. The van der Waals surface area contributed by atoms with E-state index in [4.69, 9.17) is 4.74 Å². The number of carbonyl (C=O) groups is 1. The Morgan fingerprint density at radius 1 is 1.21 bits per heavy atom. The van der Waals surface area contributed by atoms with Crippen LogP contribution in [-0.2, 0) is 11.3 Å². The molecule has 2 aromatic heterocycles. The second-order valence-electron chi connectivity index (χ2n) is 8.48. The van der Waals surface area contributed by atoms with Crippen LogP contribution in [0.1, 0.15) is 24.1 Å². The number of nitrogens with one attached hydrogen (secondary N) is 1. The van der Waals surface area contributed by atoms with Gasteiger partial charge in [0.05, 0.1) is 25.4 Å². The fourth-order valence-electron chi connectivity index (χ4n) is 4.59. The van der Waals surface area contributed by atoms with Gasteiger partial charge in [-0.15, -0.1) is 5.10 Å². The van der Waals surface area contributed by atoms with Crippen LogP contribution < -0.4 is 4.74 Å². The van der Waals surface area contributed by atoms with Crippen LogP contribution in [0.25, 0.3) is 27.6 Å². The number of aromatic nitrogens is 4. The Labute approximate surface area is 196 Å². The Balaban J connectivity index is 1.50. The van der Waals surface area contributed by atoms with Crippen LogP contribution >= 0.6 is 0 Å². The molecule has 174 valence electrons. The van der Waals surface area contributed by atoms with E-state index in [1.54, 1.807) is 29.1 Å². The minimum Gasteiger partial charge on any atom is -0.496 e. The van der Waals surface area contributed by atoms with Crippen LogP contribution in [0.2, 0.25) is 0 Å². The molecule has 1 N–H and O–H groups in total. The van der Waals surface area contributed by atoms with Gasteiger partial charge in [0, 0.05) is 47.9 Å². The molecule has 8 heteroatoms. The van der Waals surface area contributed by atoms with E-state index in [1.165, 1.54) is 0 Å². The van der Waals surface area contributed by atoms with Gasteiger partial charge < -0.3 is 14.6 Å². The molecule has 5 rings (SSSR count). The third-order valence-corrected chi connectivity index (χ3v) is 6.26. The van der Waals surface area contributed by atoms with Crippen molar-refractivity contribution < 1.29 is 13.9 Å². The predicted octanol–water partition coefficient (Wildman–Crippen LogP) is 4.59. The number of hydrogen-bond donors (Lipinski definition) is 1. The normalized spacial score (nSPS) is 13.9. The molecule has 1 aliphatic heterocycles. The molecule has 0 bridgehead atoms. The third kappa shape index (κ3) is 4.07. The molecule has 0 radical (unpaired) electrons. The van der Waals surface area contributed by atoms with Crippen molar-refractivity contribution >= 4 is 22.4 Å². The standard InChI is InChI=1S/C26H26FN5O2/c1-17-14-22-21(19-7-3-4-8-23(19)34-2)15-20(25(27)26(22)29-17)18-6-5-11-31(16-18)24(33)9-12-32-13-10-28-30-32/h3-4,6-8,10,13-15,29H,5,9,11-12,16H2,1-2H3. The summed E-state index contributed by atoms with van der Waals surface area (Å²) < 4.78 is 23.0. The first kappa shape index (κ1) is 21.9. The fourth-order valence-corrected chi connectivity index (χ4v) is 4.59. The summed E-state index contributed by atoms with van der Waals surface area (Å²) in [6.45, 7) is 3.36. The minimum absolute atomic E-state index is 0.0169. The summed E-state index contributed by atoms with van der Waals surface area (Å²) in [6.07, 6.45) is 6.35. The third-order valence-electron chi connectivity index (χ3n) is 6.26. The lowest BCUT2D eigenvalue weighted by Gasteiger charge is -2.28. The van der Waals surface area contributed by atoms with E-state index in [2.05, 4.69) is 15.3 Å². The Kier molecular flexibility index (Phi) is 5.88. The maximum absolute atomic E-state index is 15.8. The first-order valence-electron chi connectivity index (χ1n) is 11.3. The van der Waals surface area contributed by atoms with Crippen molar-refractivity contribution in [3.8, 4) is 16.9 Å². The maximum Gasteiger partial charge on any atom is 0.224 e. The molecule has 0 aliphatic carbocycles. The highest BCUT2D eigenvalue weighted by molar-refractivity contribution is 6.00. The number of H-pyrrole nitrogens is 1. The van der Waals surface area contributed by atoms with Crippen molar-refractivity contribution in [1.29, 1.82) is 0 Å². The van der Waals surface area contributed by atoms with Crippen LogP contribution in [0.5, 0.6) is 5.75 Å². The average Bonchev–Trinajstić information content (AvgIpc) is 3.53. The van der Waals surface area contributed by atoms with Gasteiger partial charge in [0.25, 0.3) is 0 Å². The van der Waals surface area contributed by atoms with Crippen LogP contribution in [0.15, 0.2) is 54.9 Å². The number of benzene rings is 2. The number of amides is 1. The van der Waals surface area contributed by atoms with Crippen LogP contribution in [0, 0.1) is 12.7 Å². The average molecular weight is 460 g/mol. The molecule has 0 saturated heterocycles. The zero-order valence-corrected chi connectivity index (χ0v) is 19.2. The molecule has 0 unspecified atom stereocenters. The van der Waals surface area contributed by atoms with Crippen molar-refractivity contribution in [2.24, 2.45) is 0 Å². The Bertz CT molecular complexity index is 1370. The lowest BCUT2D eigenvalue weighted by molar-refractivity contribution is -0.131. The monoisotopic (exact) mass is 459 g/mol. The van der Waals surface area contributed by atoms with Gasteiger partial charge in [-0.1, -0.05) is 29.5 Å². The van der Waals surface area contributed by atoms with E-state index in [-0.39, 0.29) is 11.7 Å². The number of nitrogens with zero attached hydrogens (tertiary/aromatic N) is 4. The number of halogens is 1. The summed E-state index contributed by atoms with van der Waals surface area (Å²) in [5, 5.41) is 8.49. The number of ether oxygens (including phenoxy) is 1. The molecule has 34 heavy (non-hydrogen) atoms. The molecule has 0 atom stereocenters. The van der Waals surface area contributed by atoms with E-state index in [0.29, 0.717) is 43.6 Å². The molecule has 7 nitrogen and oxygen atoms in total. The summed E-state index contributed by atoms with van der Waals surface area (Å²) in [6, 6.07) is 11.6. The SMILES string of the molecule is COc1ccccc1-c1cc(C2=CCCN(C(=O)CCn3ccnn3)C2)c(F)c2[nH]c(C)cc12. The van der Waals surface area contributed by atoms with Crippen molar-refractivity contribution in [3.05, 3.63) is 71.9 Å². The van der Waals surface area contributed by atoms with Gasteiger partial charge in [-0.3, -0.25) is 9.48 Å². The van der Waals surface area contributed by atoms with E-state index >= 15 is 4.39 Å². The van der Waals surface area contributed by atoms with Gasteiger partial charge in [-0.2, -0.15) is 0 Å². The lowest BCUT2D eigenvalue weighted by Crippen LogP contribution is -2.36. The molecule has 0 spiro atoms. The molecular formula is C26H26FN5O2. The highest BCUT2D eigenvalue weighted by Gasteiger charge is 2.24. The molecule has 1 amide bonds. The zero-order chi connectivity index (χ0) is 23.7. The van der Waals surface area contributed by atoms with Gasteiger partial charge in [0.15, 0.2) is 5.82 Å². The summed E-state index contributed by atoms with van der Waals surface area (Å²) in [7, 11) is 1.63. The van der Waals surface area contributed by atoms with Crippen molar-refractivity contribution in [3.63, 3.8) is 0 Å². The topological polar surface area (TPSA) is 76.0 Å². The molecular weight excluding hydrogens is 433 g/mol. The number of aryl methyl sites for hydroxylation is 2. The van der Waals surface area contributed by atoms with E-state index < -0.39 is 0 Å². The first-order chi connectivity index (χ1) is 16.5. The highest BCUT2D eigenvalue weighted by atomic mass is 19.1. The summed E-state index contributed by atoms with van der Waals surface area (Å²) in [5.74, 6) is 0.441. The number of hydrogen-bond acceptors (Lipinski definition) is 4. The summed E-state index contributed by atoms with van der Waals surface area (Å²) in [4.78, 5) is 17.8. The number of methoxy groups -OCH3 is 1. The maximum atomic E-state index is 15.8. The van der Waals surface area contributed by atoms with Gasteiger partial charge >= 0.3 is 0 Å². The van der Waals surface area contributed by atoms with Crippen molar-refractivity contribution in [2.45, 2.75) is 26.3 Å². The first-order valence-corrected chi connectivity index (χ1v) is 11.3. The number of para-hydroxylation sites is 1. The molecule has 4 aromatic rings. The van der Waals surface area contributed by atoms with E-state index in [0.717, 1.165) is 33.5 Å².